The van der Waals surface area contributed by atoms with Crippen LogP contribution in [0.4, 0.5) is 0 Å². The van der Waals surface area contributed by atoms with E-state index >= 15 is 0 Å². The number of quaternary nitrogens is 1. The van der Waals surface area contributed by atoms with Gasteiger partial charge < -0.3 is 21.6 Å². The zero-order valence-corrected chi connectivity index (χ0v) is 10.9. The smallest absolute Gasteiger partial charge is 0.0926 e. The van der Waals surface area contributed by atoms with Gasteiger partial charge in [-0.05, 0) is 18.9 Å². The molecule has 2 nitrogen and oxygen atoms in total. The molecule has 0 saturated carbocycles. The number of rotatable bonds is 6. The third-order valence-corrected chi connectivity index (χ3v) is 1.93. The van der Waals surface area contributed by atoms with E-state index in [4.69, 9.17) is 4.74 Å². The molecule has 0 spiro atoms. The van der Waals surface area contributed by atoms with Crippen molar-refractivity contribution in [3.63, 3.8) is 0 Å². The summed E-state index contributed by atoms with van der Waals surface area (Å²) in [6.45, 7) is 6.24. The first-order chi connectivity index (χ1) is 5.95. The maximum Gasteiger partial charge on any atom is 0.0926 e. The highest BCUT2D eigenvalue weighted by Crippen LogP contribution is 1.99. The first-order valence-electron chi connectivity index (χ1n) is 5.03. The van der Waals surface area contributed by atoms with Gasteiger partial charge in [-0.25, -0.2) is 0 Å². The monoisotopic (exact) mass is 221 g/mol. The van der Waals surface area contributed by atoms with Gasteiger partial charge in [-0.1, -0.05) is 6.92 Å². The van der Waals surface area contributed by atoms with Crippen molar-refractivity contribution in [2.75, 3.05) is 34.3 Å². The van der Waals surface area contributed by atoms with Gasteiger partial charge in [-0.3, -0.25) is 0 Å². The van der Waals surface area contributed by atoms with E-state index in [9.17, 15) is 0 Å². The highest BCUT2D eigenvalue weighted by atomic mass is 35.5. The van der Waals surface area contributed by atoms with Crippen molar-refractivity contribution in [3.8, 4) is 0 Å². The summed E-state index contributed by atoms with van der Waals surface area (Å²) in [6, 6.07) is 0. The van der Waals surface area contributed by atoms with Gasteiger partial charge in [0.25, 0.3) is 0 Å². The molecule has 0 amide bonds. The van der Waals surface area contributed by atoms with E-state index in [0.29, 0.717) is 0 Å². The van der Waals surface area contributed by atoms with E-state index in [-0.39, 0.29) is 12.4 Å². The van der Waals surface area contributed by atoms with Crippen LogP contribution in [0.3, 0.4) is 0 Å². The van der Waals surface area contributed by atoms with Gasteiger partial charge in [0, 0.05) is 6.42 Å². The Kier molecular flexibility index (Phi) is 9.42. The number of ether oxygens (including phenoxy) is 1. The number of hydrogen-bond donors (Lipinski definition) is 0. The summed E-state index contributed by atoms with van der Waals surface area (Å²) < 4.78 is 6.42. The zero-order valence-electron chi connectivity index (χ0n) is 10.1. The molecule has 0 aromatic carbocycles. The Balaban J connectivity index is 0. The van der Waals surface area contributed by atoms with Crippen LogP contribution in [0.1, 0.15) is 26.7 Å². The fourth-order valence-electron chi connectivity index (χ4n) is 0.907. The predicted octanol–water partition coefficient (Wildman–Crippen LogP) is -0.583. The normalized spacial score (nSPS) is 12.2. The van der Waals surface area contributed by atoms with Crippen molar-refractivity contribution in [2.24, 2.45) is 0 Å². The molecule has 0 aromatic rings. The second-order valence-electron chi connectivity index (χ2n) is 4.56. The van der Waals surface area contributed by atoms with Gasteiger partial charge >= 0.3 is 0 Å². The third-order valence-electron chi connectivity index (χ3n) is 1.93. The second-order valence-corrected chi connectivity index (χ2v) is 4.56. The third kappa shape index (κ3) is 11.8. The Hall–Kier alpha value is -0.210. The Morgan fingerprint density at radius 1 is 1.29 bits per heavy atom. The molecule has 86 valence electrons. The van der Waals surface area contributed by atoms with Gasteiger partial charge in [-0.2, -0.15) is 0 Å². The van der Waals surface area contributed by atoms with E-state index in [2.05, 4.69) is 35.0 Å². The van der Waals surface area contributed by atoms with Crippen molar-refractivity contribution >= 4 is 0 Å². The number of hydrogen-bond acceptors (Lipinski definition) is 1. The zero-order chi connectivity index (χ0) is 10.3. The minimum absolute atomic E-state index is 0. The van der Waals surface area contributed by atoms with Gasteiger partial charge in [0.15, 0.2) is 0 Å². The lowest BCUT2D eigenvalue weighted by molar-refractivity contribution is -0.870. The van der Waals surface area contributed by atoms with Crippen LogP contribution in [0.2, 0.25) is 0 Å². The number of nitrogens with zero attached hydrogens (tertiary/aromatic N) is 1. The van der Waals surface area contributed by atoms with Crippen molar-refractivity contribution in [1.82, 2.24) is 0 Å². The van der Waals surface area contributed by atoms with E-state index in [1.807, 2.05) is 6.26 Å². The van der Waals surface area contributed by atoms with Crippen molar-refractivity contribution in [2.45, 2.75) is 26.7 Å². The molecule has 0 bridgehead atoms. The van der Waals surface area contributed by atoms with Gasteiger partial charge in [0.2, 0.25) is 0 Å². The Morgan fingerprint density at radius 2 is 1.86 bits per heavy atom. The van der Waals surface area contributed by atoms with Crippen LogP contribution >= 0.6 is 0 Å². The average molecular weight is 222 g/mol. The maximum atomic E-state index is 5.41. The molecule has 0 fully saturated rings. The fraction of sp³-hybridized carbons (Fsp3) is 0.818. The fourth-order valence-corrected chi connectivity index (χ4v) is 0.907. The quantitative estimate of drug-likeness (QED) is 0.331. The van der Waals surface area contributed by atoms with E-state index in [1.165, 1.54) is 12.1 Å². The van der Waals surface area contributed by atoms with Crippen LogP contribution in [0.15, 0.2) is 11.8 Å². The average Bonchev–Trinajstić information content (AvgIpc) is 2.01. The molecule has 0 radical (unpaired) electrons. The molecule has 0 atom stereocenters. The first kappa shape index (κ1) is 16.2. The van der Waals surface area contributed by atoms with E-state index in [0.717, 1.165) is 23.9 Å². The Morgan fingerprint density at radius 3 is 2.29 bits per heavy atom. The summed E-state index contributed by atoms with van der Waals surface area (Å²) in [5.74, 6) is 0. The molecule has 0 heterocycles. The highest BCUT2D eigenvalue weighted by Gasteiger charge is 2.04. The van der Waals surface area contributed by atoms with Crippen LogP contribution in [-0.2, 0) is 4.74 Å². The molecule has 0 unspecified atom stereocenters. The number of halogens is 1. The van der Waals surface area contributed by atoms with Crippen molar-refractivity contribution < 1.29 is 21.6 Å². The SMILES string of the molecule is CCC(C)=COCCC[N+](C)(C)C.[Cl-]. The molecular formula is C11H24ClNO. The van der Waals surface area contributed by atoms with Gasteiger partial charge in [0.1, 0.15) is 0 Å². The largest absolute Gasteiger partial charge is 1.00 e. The van der Waals surface area contributed by atoms with Gasteiger partial charge in [0.05, 0.1) is 40.6 Å². The molecule has 0 aromatic heterocycles. The lowest BCUT2D eigenvalue weighted by Crippen LogP contribution is -3.00. The maximum absolute atomic E-state index is 5.41. The van der Waals surface area contributed by atoms with Crippen molar-refractivity contribution in [3.05, 3.63) is 11.8 Å². The first-order valence-corrected chi connectivity index (χ1v) is 5.03. The molecule has 3 heteroatoms. The molecule has 0 rings (SSSR count). The second kappa shape index (κ2) is 8.13. The van der Waals surface area contributed by atoms with Crippen LogP contribution in [0, 0.1) is 0 Å². The summed E-state index contributed by atoms with van der Waals surface area (Å²) in [4.78, 5) is 0. The van der Waals surface area contributed by atoms with E-state index in [1.54, 1.807) is 0 Å². The molecule has 0 N–H and O–H groups in total. The Labute approximate surface area is 94.9 Å². The summed E-state index contributed by atoms with van der Waals surface area (Å²) >= 11 is 0. The van der Waals surface area contributed by atoms with Crippen LogP contribution in [-0.4, -0.2) is 38.8 Å². The highest BCUT2D eigenvalue weighted by molar-refractivity contribution is 4.90. The molecule has 0 aliphatic rings. The minimum atomic E-state index is 0. The summed E-state index contributed by atoms with van der Waals surface area (Å²) in [7, 11) is 6.60. The summed E-state index contributed by atoms with van der Waals surface area (Å²) in [5, 5.41) is 0. The molecule has 0 aliphatic carbocycles. The molecular weight excluding hydrogens is 198 g/mol. The lowest BCUT2D eigenvalue weighted by atomic mass is 10.3. The number of allylic oxidation sites excluding steroid dienone is 1. The van der Waals surface area contributed by atoms with Gasteiger partial charge in [-0.15, -0.1) is 0 Å². The van der Waals surface area contributed by atoms with E-state index < -0.39 is 0 Å². The van der Waals surface area contributed by atoms with Crippen LogP contribution in [0.5, 0.6) is 0 Å². The standard InChI is InChI=1S/C11H24NO.ClH/c1-6-11(2)10-13-9-7-8-12(3,4)5;/h10H,6-9H2,1-5H3;1H/q+1;/p-1. The predicted molar refractivity (Wildman–Crippen MR) is 57.5 cm³/mol. The Bertz CT molecular complexity index is 161. The molecule has 0 aliphatic heterocycles. The summed E-state index contributed by atoms with van der Waals surface area (Å²) in [5.41, 5.74) is 1.31. The van der Waals surface area contributed by atoms with Crippen molar-refractivity contribution in [1.29, 1.82) is 0 Å². The topological polar surface area (TPSA) is 9.23 Å². The minimum Gasteiger partial charge on any atom is -1.00 e. The van der Waals surface area contributed by atoms with Crippen LogP contribution < -0.4 is 12.4 Å². The summed E-state index contributed by atoms with van der Waals surface area (Å²) in [6.07, 6.45) is 4.09. The van der Waals surface area contributed by atoms with Crippen LogP contribution in [0.25, 0.3) is 0 Å². The molecule has 14 heavy (non-hydrogen) atoms. The molecule has 0 saturated heterocycles. The lowest BCUT2D eigenvalue weighted by Gasteiger charge is -2.23.